The van der Waals surface area contributed by atoms with E-state index in [-0.39, 0.29) is 31.2 Å². The van der Waals surface area contributed by atoms with Crippen LogP contribution in [0.15, 0.2) is 54.6 Å². The summed E-state index contributed by atoms with van der Waals surface area (Å²) in [4.78, 5) is 25.5. The molecule has 0 aliphatic rings. The van der Waals surface area contributed by atoms with E-state index in [1.54, 1.807) is 30.0 Å². The monoisotopic (exact) mass is 413 g/mol. The number of nitrogens with zero attached hydrogens (tertiary/aromatic N) is 3. The number of carbonyl (C=O) groups is 2. The van der Waals surface area contributed by atoms with Gasteiger partial charge in [-0.3, -0.25) is 9.59 Å². The molecule has 3 N–H and O–H groups in total. The summed E-state index contributed by atoms with van der Waals surface area (Å²) in [6.45, 7) is 1.88. The summed E-state index contributed by atoms with van der Waals surface area (Å²) < 4.78 is 28.0. The molecule has 0 saturated heterocycles. The molecule has 156 valence electrons. The van der Waals surface area contributed by atoms with E-state index < -0.39 is 11.7 Å². The fourth-order valence-corrected chi connectivity index (χ4v) is 2.92. The highest BCUT2D eigenvalue weighted by Crippen LogP contribution is 2.19. The topological polar surface area (TPSA) is 93.3 Å². The van der Waals surface area contributed by atoms with Gasteiger partial charge >= 0.3 is 0 Å². The summed E-state index contributed by atoms with van der Waals surface area (Å²) >= 11 is 0. The molecule has 3 rings (SSSR count). The molecule has 0 aliphatic carbocycles. The first-order valence-corrected chi connectivity index (χ1v) is 9.23. The second-order valence-electron chi connectivity index (χ2n) is 6.72. The van der Waals surface area contributed by atoms with Gasteiger partial charge in [-0.2, -0.15) is 5.10 Å². The third-order valence-electron chi connectivity index (χ3n) is 4.32. The number of nitrogens with two attached hydrogens (primary N) is 1. The van der Waals surface area contributed by atoms with E-state index in [0.29, 0.717) is 22.9 Å². The first-order valence-electron chi connectivity index (χ1n) is 9.23. The highest BCUT2D eigenvalue weighted by molar-refractivity contribution is 5.93. The van der Waals surface area contributed by atoms with Crippen molar-refractivity contribution in [1.29, 1.82) is 0 Å². The molecule has 7 nitrogen and oxygen atoms in total. The van der Waals surface area contributed by atoms with Gasteiger partial charge in [0.25, 0.3) is 0 Å². The largest absolute Gasteiger partial charge is 0.370 e. The first kappa shape index (κ1) is 21.0. The number of benzene rings is 2. The molecule has 0 atom stereocenters. The van der Waals surface area contributed by atoms with Gasteiger partial charge in [-0.1, -0.05) is 0 Å². The summed E-state index contributed by atoms with van der Waals surface area (Å²) in [5.41, 5.74) is 7.06. The Hall–Kier alpha value is -3.75. The normalized spacial score (nSPS) is 10.6. The molecule has 1 aromatic heterocycles. The minimum atomic E-state index is -0.507. The standard InChI is InChI=1S/C21H21F2N5O2/c1-14-12-20(28(26-14)18-8-4-16(23)5-9-18)25-21(30)13-27(11-10-19(24)29)17-6-2-15(22)3-7-17/h2-9,12H,10-11,13H2,1H3,(H2,24,29)(H,25,30). The van der Waals surface area contributed by atoms with Gasteiger partial charge in [-0.05, 0) is 55.5 Å². The van der Waals surface area contributed by atoms with Crippen LogP contribution in [0.2, 0.25) is 0 Å². The maximum absolute atomic E-state index is 13.2. The van der Waals surface area contributed by atoms with E-state index in [2.05, 4.69) is 10.4 Å². The molecular weight excluding hydrogens is 392 g/mol. The Morgan fingerprint density at radius 3 is 2.27 bits per heavy atom. The number of aryl methyl sites for hydroxylation is 1. The molecule has 0 fully saturated rings. The zero-order chi connectivity index (χ0) is 21.7. The molecule has 9 heteroatoms. The number of hydrogen-bond donors (Lipinski definition) is 2. The van der Waals surface area contributed by atoms with Gasteiger partial charge in [-0.25, -0.2) is 13.5 Å². The molecule has 0 saturated carbocycles. The van der Waals surface area contributed by atoms with Crippen molar-refractivity contribution in [3.05, 3.63) is 71.9 Å². The van der Waals surface area contributed by atoms with E-state index in [0.717, 1.165) is 0 Å². The fraction of sp³-hybridized carbons (Fsp3) is 0.190. The van der Waals surface area contributed by atoms with Crippen LogP contribution in [0, 0.1) is 18.6 Å². The number of carbonyl (C=O) groups excluding carboxylic acids is 2. The number of amides is 2. The third kappa shape index (κ3) is 5.40. The van der Waals surface area contributed by atoms with Crippen LogP contribution in [0.5, 0.6) is 0 Å². The van der Waals surface area contributed by atoms with Crippen LogP contribution < -0.4 is 16.0 Å². The Morgan fingerprint density at radius 2 is 1.67 bits per heavy atom. The van der Waals surface area contributed by atoms with E-state index in [4.69, 9.17) is 5.73 Å². The van der Waals surface area contributed by atoms with Crippen molar-refractivity contribution in [2.24, 2.45) is 5.73 Å². The van der Waals surface area contributed by atoms with Gasteiger partial charge in [0.2, 0.25) is 11.8 Å². The van der Waals surface area contributed by atoms with Gasteiger partial charge in [0, 0.05) is 24.7 Å². The highest BCUT2D eigenvalue weighted by Gasteiger charge is 2.16. The quantitative estimate of drug-likeness (QED) is 0.594. The van der Waals surface area contributed by atoms with Gasteiger partial charge in [-0.15, -0.1) is 0 Å². The smallest absolute Gasteiger partial charge is 0.245 e. The van der Waals surface area contributed by atoms with Crippen molar-refractivity contribution in [2.75, 3.05) is 23.3 Å². The van der Waals surface area contributed by atoms with Gasteiger partial charge < -0.3 is 16.0 Å². The molecule has 0 unspecified atom stereocenters. The maximum atomic E-state index is 13.2. The second kappa shape index (κ2) is 9.17. The second-order valence-corrected chi connectivity index (χ2v) is 6.72. The molecule has 2 amide bonds. The number of aromatic nitrogens is 2. The molecule has 0 radical (unpaired) electrons. The number of halogens is 2. The summed E-state index contributed by atoms with van der Waals surface area (Å²) in [5.74, 6) is -1.24. The van der Waals surface area contributed by atoms with Crippen LogP contribution in [-0.2, 0) is 9.59 Å². The molecule has 2 aromatic carbocycles. The van der Waals surface area contributed by atoms with E-state index in [1.165, 1.54) is 41.1 Å². The Labute approximate surface area is 172 Å². The van der Waals surface area contributed by atoms with Gasteiger partial charge in [0.05, 0.1) is 17.9 Å². The number of hydrogen-bond acceptors (Lipinski definition) is 4. The van der Waals surface area contributed by atoms with E-state index in [9.17, 15) is 18.4 Å². The summed E-state index contributed by atoms with van der Waals surface area (Å²) in [6.07, 6.45) is 0.0390. The molecule has 30 heavy (non-hydrogen) atoms. The van der Waals surface area contributed by atoms with E-state index in [1.807, 2.05) is 0 Å². The third-order valence-corrected chi connectivity index (χ3v) is 4.32. The van der Waals surface area contributed by atoms with Crippen LogP contribution in [0.1, 0.15) is 12.1 Å². The zero-order valence-electron chi connectivity index (χ0n) is 16.3. The Kier molecular flexibility index (Phi) is 6.41. The highest BCUT2D eigenvalue weighted by atomic mass is 19.1. The predicted octanol–water partition coefficient (Wildman–Crippen LogP) is 2.78. The minimum Gasteiger partial charge on any atom is -0.370 e. The van der Waals surface area contributed by atoms with Crippen LogP contribution in [0.4, 0.5) is 20.3 Å². The molecule has 3 aromatic rings. The number of nitrogens with one attached hydrogen (secondary N) is 1. The predicted molar refractivity (Wildman–Crippen MR) is 109 cm³/mol. The van der Waals surface area contributed by atoms with Crippen molar-refractivity contribution < 1.29 is 18.4 Å². The van der Waals surface area contributed by atoms with Crippen molar-refractivity contribution in [1.82, 2.24) is 9.78 Å². The van der Waals surface area contributed by atoms with Crippen molar-refractivity contribution >= 4 is 23.3 Å². The Balaban J connectivity index is 1.77. The van der Waals surface area contributed by atoms with Crippen molar-refractivity contribution in [2.45, 2.75) is 13.3 Å². The molecular formula is C21H21F2N5O2. The van der Waals surface area contributed by atoms with Crippen LogP contribution in [-0.4, -0.2) is 34.7 Å². The minimum absolute atomic E-state index is 0.0390. The van der Waals surface area contributed by atoms with Gasteiger partial charge in [0.1, 0.15) is 17.5 Å². The fourth-order valence-electron chi connectivity index (χ4n) is 2.92. The number of anilines is 2. The molecule has 0 bridgehead atoms. The lowest BCUT2D eigenvalue weighted by atomic mass is 10.2. The summed E-state index contributed by atoms with van der Waals surface area (Å²) in [5, 5.41) is 7.11. The Bertz CT molecular complexity index is 1030. The summed E-state index contributed by atoms with van der Waals surface area (Å²) in [7, 11) is 0. The lowest BCUT2D eigenvalue weighted by Crippen LogP contribution is -2.36. The number of rotatable bonds is 8. The molecule has 1 heterocycles. The Morgan fingerprint density at radius 1 is 1.07 bits per heavy atom. The van der Waals surface area contributed by atoms with Crippen LogP contribution in [0.3, 0.4) is 0 Å². The van der Waals surface area contributed by atoms with E-state index >= 15 is 0 Å². The lowest BCUT2D eigenvalue weighted by Gasteiger charge is -2.24. The SMILES string of the molecule is Cc1cc(NC(=O)CN(CCC(N)=O)c2ccc(F)cc2)n(-c2ccc(F)cc2)n1. The van der Waals surface area contributed by atoms with Crippen LogP contribution in [0.25, 0.3) is 5.69 Å². The number of primary amides is 1. The average Bonchev–Trinajstić information content (AvgIpc) is 3.06. The van der Waals surface area contributed by atoms with Crippen molar-refractivity contribution in [3.63, 3.8) is 0 Å². The molecule has 0 aliphatic heterocycles. The maximum Gasteiger partial charge on any atom is 0.245 e. The van der Waals surface area contributed by atoms with Crippen molar-refractivity contribution in [3.8, 4) is 5.69 Å². The van der Waals surface area contributed by atoms with Crippen LogP contribution >= 0.6 is 0 Å². The van der Waals surface area contributed by atoms with Gasteiger partial charge in [0.15, 0.2) is 0 Å². The average molecular weight is 413 g/mol. The first-order chi connectivity index (χ1) is 14.3. The lowest BCUT2D eigenvalue weighted by molar-refractivity contribution is -0.118. The zero-order valence-corrected chi connectivity index (χ0v) is 16.3. The summed E-state index contributed by atoms with van der Waals surface area (Å²) in [6, 6.07) is 13.0. The molecule has 0 spiro atoms.